The van der Waals surface area contributed by atoms with E-state index < -0.39 is 38.8 Å². The first-order valence-electron chi connectivity index (χ1n) is 5.95. The maximum absolute atomic E-state index is 11.9. The second-order valence-corrected chi connectivity index (χ2v) is 6.19. The Balaban J connectivity index is 2.05. The van der Waals surface area contributed by atoms with Crippen molar-refractivity contribution in [2.75, 3.05) is 0 Å². The van der Waals surface area contributed by atoms with Crippen LogP contribution in [0.4, 0.5) is 0 Å². The highest BCUT2D eigenvalue weighted by Gasteiger charge is 2.29. The zero-order chi connectivity index (χ0) is 14.9. The van der Waals surface area contributed by atoms with Crippen molar-refractivity contribution in [1.82, 2.24) is 10.0 Å². The van der Waals surface area contributed by atoms with Gasteiger partial charge in [0.05, 0.1) is 6.04 Å². The molecule has 3 N–H and O–H groups in total. The van der Waals surface area contributed by atoms with Crippen LogP contribution < -0.4 is 10.0 Å². The van der Waals surface area contributed by atoms with E-state index in [9.17, 15) is 18.0 Å². The number of amides is 1. The number of carboxylic acids is 1. The van der Waals surface area contributed by atoms with Gasteiger partial charge in [-0.25, -0.2) is 13.2 Å². The van der Waals surface area contributed by atoms with Crippen LogP contribution in [0.3, 0.4) is 0 Å². The minimum absolute atomic E-state index is 0.122. The van der Waals surface area contributed by atoms with Crippen LogP contribution in [0, 0.1) is 0 Å². The lowest BCUT2D eigenvalue weighted by atomic mass is 10.3. The number of aromatic carboxylic acids is 1. The first-order valence-corrected chi connectivity index (χ1v) is 7.44. The van der Waals surface area contributed by atoms with Crippen molar-refractivity contribution in [2.45, 2.75) is 36.9 Å². The summed E-state index contributed by atoms with van der Waals surface area (Å²) < 4.78 is 30.6. The summed E-state index contributed by atoms with van der Waals surface area (Å²) in [5.41, 5.74) is 0. The number of hydrogen-bond acceptors (Lipinski definition) is 5. The van der Waals surface area contributed by atoms with Gasteiger partial charge in [0.2, 0.25) is 16.8 Å². The second kappa shape index (κ2) is 5.25. The standard InChI is InChI=1S/C11H14N2O6S/c1-6(10(14)12-7-2-3-7)13-20(17,18)9-5-4-8(19-9)11(15)16/h4-7,13H,2-3H2,1H3,(H,12,14)(H,15,16). The van der Waals surface area contributed by atoms with E-state index in [0.717, 1.165) is 25.0 Å². The maximum atomic E-state index is 11.9. The molecular weight excluding hydrogens is 288 g/mol. The third kappa shape index (κ3) is 3.36. The Morgan fingerprint density at radius 1 is 1.40 bits per heavy atom. The number of rotatable bonds is 6. The number of carboxylic acid groups (broad SMARTS) is 1. The van der Waals surface area contributed by atoms with E-state index >= 15 is 0 Å². The quantitative estimate of drug-likeness (QED) is 0.675. The molecule has 0 radical (unpaired) electrons. The molecule has 1 fully saturated rings. The number of carbonyl (C=O) groups is 2. The fraction of sp³-hybridized carbons (Fsp3) is 0.455. The zero-order valence-electron chi connectivity index (χ0n) is 10.6. The molecule has 1 atom stereocenters. The maximum Gasteiger partial charge on any atom is 0.371 e. The summed E-state index contributed by atoms with van der Waals surface area (Å²) in [6.07, 6.45) is 1.79. The van der Waals surface area contributed by atoms with E-state index in [-0.39, 0.29) is 6.04 Å². The molecule has 0 spiro atoms. The van der Waals surface area contributed by atoms with E-state index in [1.807, 2.05) is 0 Å². The van der Waals surface area contributed by atoms with Gasteiger partial charge in [-0.3, -0.25) is 4.79 Å². The summed E-state index contributed by atoms with van der Waals surface area (Å²) in [6, 6.07) is 1.21. The van der Waals surface area contributed by atoms with E-state index in [4.69, 9.17) is 9.52 Å². The van der Waals surface area contributed by atoms with E-state index in [2.05, 4.69) is 10.0 Å². The summed E-state index contributed by atoms with van der Waals surface area (Å²) in [5.74, 6) is -2.28. The Bertz CT molecular complexity index is 631. The molecule has 0 bridgehead atoms. The van der Waals surface area contributed by atoms with Crippen LogP contribution in [0.2, 0.25) is 0 Å². The molecular formula is C11H14N2O6S. The highest BCUT2D eigenvalue weighted by Crippen LogP contribution is 2.19. The highest BCUT2D eigenvalue weighted by atomic mass is 32.2. The average molecular weight is 302 g/mol. The molecule has 1 aromatic heterocycles. The van der Waals surface area contributed by atoms with E-state index in [1.165, 1.54) is 6.92 Å². The van der Waals surface area contributed by atoms with Crippen molar-refractivity contribution in [3.63, 3.8) is 0 Å². The van der Waals surface area contributed by atoms with E-state index in [1.54, 1.807) is 0 Å². The molecule has 1 amide bonds. The molecule has 0 saturated heterocycles. The van der Waals surface area contributed by atoms with Crippen LogP contribution >= 0.6 is 0 Å². The van der Waals surface area contributed by atoms with Crippen LogP contribution in [-0.4, -0.2) is 37.5 Å². The first kappa shape index (κ1) is 14.5. The Hall–Kier alpha value is -1.87. The number of hydrogen-bond donors (Lipinski definition) is 3. The van der Waals surface area contributed by atoms with Gasteiger partial charge in [-0.1, -0.05) is 0 Å². The topological polar surface area (TPSA) is 126 Å². The van der Waals surface area contributed by atoms with Crippen molar-refractivity contribution in [1.29, 1.82) is 0 Å². The third-order valence-corrected chi connectivity index (χ3v) is 4.12. The summed E-state index contributed by atoms with van der Waals surface area (Å²) in [7, 11) is -4.07. The molecule has 0 aliphatic heterocycles. The van der Waals surface area contributed by atoms with Crippen molar-refractivity contribution in [3.05, 3.63) is 17.9 Å². The normalized spacial score (nSPS) is 16.6. The second-order valence-electron chi connectivity index (χ2n) is 4.55. The monoisotopic (exact) mass is 302 g/mol. The van der Waals surface area contributed by atoms with Crippen molar-refractivity contribution in [3.8, 4) is 0 Å². The van der Waals surface area contributed by atoms with Crippen molar-refractivity contribution < 1.29 is 27.5 Å². The van der Waals surface area contributed by atoms with Crippen LogP contribution in [0.1, 0.15) is 30.3 Å². The minimum atomic E-state index is -4.07. The third-order valence-electron chi connectivity index (χ3n) is 2.71. The summed E-state index contributed by atoms with van der Waals surface area (Å²) >= 11 is 0. The van der Waals surface area contributed by atoms with Gasteiger partial charge in [0.1, 0.15) is 0 Å². The molecule has 20 heavy (non-hydrogen) atoms. The SMILES string of the molecule is CC(NS(=O)(=O)c1ccc(C(=O)O)o1)C(=O)NC1CC1. The zero-order valence-corrected chi connectivity index (χ0v) is 11.4. The van der Waals surface area contributed by atoms with Gasteiger partial charge in [0, 0.05) is 6.04 Å². The van der Waals surface area contributed by atoms with Crippen LogP contribution in [0.25, 0.3) is 0 Å². The molecule has 1 aromatic rings. The van der Waals surface area contributed by atoms with Crippen molar-refractivity contribution in [2.24, 2.45) is 0 Å². The van der Waals surface area contributed by atoms with Crippen molar-refractivity contribution >= 4 is 21.9 Å². The number of sulfonamides is 1. The molecule has 0 aromatic carbocycles. The van der Waals surface area contributed by atoms with Crippen LogP contribution in [-0.2, 0) is 14.8 Å². The Morgan fingerprint density at radius 2 is 2.05 bits per heavy atom. The number of furan rings is 1. The van der Waals surface area contributed by atoms with Gasteiger partial charge < -0.3 is 14.8 Å². The van der Waals surface area contributed by atoms with Crippen LogP contribution in [0.5, 0.6) is 0 Å². The molecule has 110 valence electrons. The largest absolute Gasteiger partial charge is 0.475 e. The fourth-order valence-electron chi connectivity index (χ4n) is 1.48. The smallest absolute Gasteiger partial charge is 0.371 e. The lowest BCUT2D eigenvalue weighted by molar-refractivity contribution is -0.122. The molecule has 1 heterocycles. The predicted molar refractivity (Wildman–Crippen MR) is 66.6 cm³/mol. The van der Waals surface area contributed by atoms with Gasteiger partial charge in [0.25, 0.3) is 10.0 Å². The van der Waals surface area contributed by atoms with Crippen LogP contribution in [0.15, 0.2) is 21.6 Å². The average Bonchev–Trinajstić information content (AvgIpc) is 3.00. The van der Waals surface area contributed by atoms with Gasteiger partial charge in [-0.15, -0.1) is 0 Å². The fourth-order valence-corrected chi connectivity index (χ4v) is 2.61. The Kier molecular flexibility index (Phi) is 3.82. The Morgan fingerprint density at radius 3 is 2.55 bits per heavy atom. The molecule has 9 heteroatoms. The summed E-state index contributed by atoms with van der Waals surface area (Å²) in [6.45, 7) is 1.40. The molecule has 2 rings (SSSR count). The number of carbonyl (C=O) groups excluding carboxylic acids is 1. The van der Waals surface area contributed by atoms with Gasteiger partial charge in [0.15, 0.2) is 0 Å². The van der Waals surface area contributed by atoms with Gasteiger partial charge in [-0.05, 0) is 31.9 Å². The highest BCUT2D eigenvalue weighted by molar-refractivity contribution is 7.89. The van der Waals surface area contributed by atoms with Gasteiger partial charge >= 0.3 is 5.97 Å². The molecule has 1 saturated carbocycles. The summed E-state index contributed by atoms with van der Waals surface area (Å²) in [5, 5.41) is 10.8. The minimum Gasteiger partial charge on any atom is -0.475 e. The number of nitrogens with one attached hydrogen (secondary N) is 2. The van der Waals surface area contributed by atoms with E-state index in [0.29, 0.717) is 0 Å². The van der Waals surface area contributed by atoms with Gasteiger partial charge in [-0.2, -0.15) is 4.72 Å². The predicted octanol–water partition coefficient (Wildman–Crippen LogP) is -0.0768. The Labute approximate surface area is 115 Å². The lowest BCUT2D eigenvalue weighted by Gasteiger charge is -2.12. The first-order chi connectivity index (χ1) is 9.29. The summed E-state index contributed by atoms with van der Waals surface area (Å²) in [4.78, 5) is 22.3. The molecule has 1 unspecified atom stereocenters. The molecule has 8 nitrogen and oxygen atoms in total. The molecule has 1 aliphatic rings. The molecule has 1 aliphatic carbocycles. The lowest BCUT2D eigenvalue weighted by Crippen LogP contribution is -2.45.